The average Bonchev–Trinajstić information content (AvgIpc) is 2.68. The van der Waals surface area contributed by atoms with Gasteiger partial charge in [0.25, 0.3) is 5.91 Å². The molecule has 110 valence electrons. The number of likely N-dealkylation sites (tertiary alicyclic amines) is 1. The number of β-amino-alcohol motifs (C(OH)–C–C–N with tert-alkyl or cyclic N) is 1. The number of aliphatic hydroxyl groups excluding tert-OH is 1. The molecule has 0 bridgehead atoms. The van der Waals surface area contributed by atoms with Crippen LogP contribution in [-0.4, -0.2) is 60.1 Å². The van der Waals surface area contributed by atoms with Crippen molar-refractivity contribution in [3.63, 3.8) is 0 Å². The van der Waals surface area contributed by atoms with Gasteiger partial charge in [-0.1, -0.05) is 0 Å². The summed E-state index contributed by atoms with van der Waals surface area (Å²) in [6.07, 6.45) is 0.123. The Hall–Kier alpha value is -1.79. The van der Waals surface area contributed by atoms with Crippen LogP contribution in [0.1, 0.15) is 16.8 Å². The second-order valence-electron chi connectivity index (χ2n) is 5.61. The molecule has 1 aromatic carbocycles. The summed E-state index contributed by atoms with van der Waals surface area (Å²) >= 11 is 0. The van der Waals surface area contributed by atoms with E-state index in [4.69, 9.17) is 11.5 Å². The van der Waals surface area contributed by atoms with Crippen molar-refractivity contribution in [2.75, 3.05) is 38.7 Å². The monoisotopic (exact) mass is 278 g/mol. The maximum Gasteiger partial charge on any atom is 0.256 e. The normalized spacial score (nSPS) is 22.5. The standard InChI is InChI=1S/C14H22N4O2/c1-17(2)7-10-6-11(19)8-18(10)14(20)12-4-3-9(15)5-13(12)16/h3-5,10-11,19H,6-8,15-16H2,1-2H3. The van der Waals surface area contributed by atoms with Gasteiger partial charge < -0.3 is 26.4 Å². The number of amides is 1. The molecule has 20 heavy (non-hydrogen) atoms. The minimum Gasteiger partial charge on any atom is -0.399 e. The number of anilines is 2. The Balaban J connectivity index is 2.22. The lowest BCUT2D eigenvalue weighted by Gasteiger charge is -2.27. The third-order valence-electron chi connectivity index (χ3n) is 3.54. The van der Waals surface area contributed by atoms with Crippen molar-refractivity contribution in [1.29, 1.82) is 0 Å². The van der Waals surface area contributed by atoms with E-state index in [1.54, 1.807) is 23.1 Å². The zero-order chi connectivity index (χ0) is 14.9. The van der Waals surface area contributed by atoms with E-state index in [1.165, 1.54) is 0 Å². The second-order valence-corrected chi connectivity index (χ2v) is 5.61. The van der Waals surface area contributed by atoms with Gasteiger partial charge in [0.2, 0.25) is 0 Å². The maximum atomic E-state index is 12.6. The van der Waals surface area contributed by atoms with E-state index in [-0.39, 0.29) is 11.9 Å². The number of carbonyl (C=O) groups excluding carboxylic acids is 1. The SMILES string of the molecule is CN(C)CC1CC(O)CN1C(=O)c1ccc(N)cc1N. The van der Waals surface area contributed by atoms with Gasteiger partial charge in [-0.15, -0.1) is 0 Å². The van der Waals surface area contributed by atoms with Crippen LogP contribution < -0.4 is 11.5 Å². The Labute approximate surface area is 119 Å². The van der Waals surface area contributed by atoms with Gasteiger partial charge in [0.1, 0.15) is 0 Å². The van der Waals surface area contributed by atoms with Crippen LogP contribution in [0.5, 0.6) is 0 Å². The van der Waals surface area contributed by atoms with E-state index in [0.29, 0.717) is 29.9 Å². The third kappa shape index (κ3) is 3.02. The van der Waals surface area contributed by atoms with Crippen molar-refractivity contribution in [3.8, 4) is 0 Å². The molecule has 1 aliphatic heterocycles. The van der Waals surface area contributed by atoms with Gasteiger partial charge in [0, 0.05) is 30.5 Å². The molecule has 6 heteroatoms. The first kappa shape index (κ1) is 14.6. The number of aliphatic hydroxyl groups is 1. The van der Waals surface area contributed by atoms with E-state index in [9.17, 15) is 9.90 Å². The number of hydrogen-bond donors (Lipinski definition) is 3. The first-order valence-corrected chi connectivity index (χ1v) is 6.67. The molecule has 2 atom stereocenters. The quantitative estimate of drug-likeness (QED) is 0.676. The molecule has 5 N–H and O–H groups in total. The van der Waals surface area contributed by atoms with Crippen molar-refractivity contribution in [2.24, 2.45) is 0 Å². The summed E-state index contributed by atoms with van der Waals surface area (Å²) in [5.74, 6) is -0.147. The van der Waals surface area contributed by atoms with Crippen molar-refractivity contribution < 1.29 is 9.90 Å². The topological polar surface area (TPSA) is 95.8 Å². The maximum absolute atomic E-state index is 12.6. The first-order chi connectivity index (χ1) is 9.38. The lowest BCUT2D eigenvalue weighted by Crippen LogP contribution is -2.41. The smallest absolute Gasteiger partial charge is 0.256 e. The Kier molecular flexibility index (Phi) is 4.15. The Morgan fingerprint density at radius 2 is 2.15 bits per heavy atom. The van der Waals surface area contributed by atoms with Gasteiger partial charge in [-0.25, -0.2) is 0 Å². The predicted molar refractivity (Wildman–Crippen MR) is 79.3 cm³/mol. The molecular formula is C14H22N4O2. The van der Waals surface area contributed by atoms with Gasteiger partial charge in [0.15, 0.2) is 0 Å². The van der Waals surface area contributed by atoms with Crippen LogP contribution in [0.3, 0.4) is 0 Å². The van der Waals surface area contributed by atoms with E-state index >= 15 is 0 Å². The van der Waals surface area contributed by atoms with Crippen LogP contribution in [0.25, 0.3) is 0 Å². The van der Waals surface area contributed by atoms with Crippen molar-refractivity contribution in [1.82, 2.24) is 9.80 Å². The van der Waals surface area contributed by atoms with Crippen molar-refractivity contribution >= 4 is 17.3 Å². The Bertz CT molecular complexity index is 504. The predicted octanol–water partition coefficient (Wildman–Crippen LogP) is -0.0120. The zero-order valence-corrected chi connectivity index (χ0v) is 11.9. The fourth-order valence-electron chi connectivity index (χ4n) is 2.67. The minimum absolute atomic E-state index is 0.00412. The van der Waals surface area contributed by atoms with Gasteiger partial charge in [-0.05, 0) is 38.7 Å². The van der Waals surface area contributed by atoms with E-state index in [1.807, 2.05) is 19.0 Å². The summed E-state index contributed by atoms with van der Waals surface area (Å²) in [4.78, 5) is 16.3. The number of carbonyl (C=O) groups is 1. The number of nitrogens with two attached hydrogens (primary N) is 2. The van der Waals surface area contributed by atoms with Crippen molar-refractivity contribution in [2.45, 2.75) is 18.6 Å². The molecule has 0 aromatic heterocycles. The molecule has 1 aliphatic rings. The highest BCUT2D eigenvalue weighted by molar-refractivity contribution is 6.00. The number of nitrogen functional groups attached to an aromatic ring is 2. The molecule has 1 heterocycles. The number of hydrogen-bond acceptors (Lipinski definition) is 5. The average molecular weight is 278 g/mol. The summed E-state index contributed by atoms with van der Waals surface area (Å²) in [5, 5.41) is 9.83. The minimum atomic E-state index is -0.473. The summed E-state index contributed by atoms with van der Waals surface area (Å²) < 4.78 is 0. The van der Waals surface area contributed by atoms with E-state index < -0.39 is 6.10 Å². The third-order valence-corrected chi connectivity index (χ3v) is 3.54. The van der Waals surface area contributed by atoms with Crippen LogP contribution in [0.2, 0.25) is 0 Å². The largest absolute Gasteiger partial charge is 0.399 e. The second kappa shape index (κ2) is 5.68. The van der Waals surface area contributed by atoms with Crippen LogP contribution >= 0.6 is 0 Å². The molecule has 6 nitrogen and oxygen atoms in total. The highest BCUT2D eigenvalue weighted by Crippen LogP contribution is 2.24. The highest BCUT2D eigenvalue weighted by Gasteiger charge is 2.35. The summed E-state index contributed by atoms with van der Waals surface area (Å²) in [7, 11) is 3.90. The molecule has 0 aliphatic carbocycles. The molecule has 0 radical (unpaired) electrons. The molecule has 1 saturated heterocycles. The van der Waals surface area contributed by atoms with Gasteiger partial charge in [-0.2, -0.15) is 0 Å². The molecule has 1 fully saturated rings. The number of rotatable bonds is 3. The van der Waals surface area contributed by atoms with Gasteiger partial charge in [0.05, 0.1) is 11.7 Å². The molecule has 2 rings (SSSR count). The fourth-order valence-corrected chi connectivity index (χ4v) is 2.67. The first-order valence-electron chi connectivity index (χ1n) is 6.67. The fraction of sp³-hybridized carbons (Fsp3) is 0.500. The number of likely N-dealkylation sites (N-methyl/N-ethyl adjacent to an activating group) is 1. The van der Waals surface area contributed by atoms with E-state index in [0.717, 1.165) is 6.54 Å². The summed E-state index contributed by atoms with van der Waals surface area (Å²) in [5.41, 5.74) is 12.9. The lowest BCUT2D eigenvalue weighted by atomic mass is 10.1. The van der Waals surface area contributed by atoms with Crippen LogP contribution in [-0.2, 0) is 0 Å². The molecule has 0 saturated carbocycles. The van der Waals surface area contributed by atoms with E-state index in [2.05, 4.69) is 0 Å². The molecule has 1 amide bonds. The number of benzene rings is 1. The lowest BCUT2D eigenvalue weighted by molar-refractivity contribution is 0.0700. The number of nitrogens with zero attached hydrogens (tertiary/aromatic N) is 2. The van der Waals surface area contributed by atoms with Gasteiger partial charge in [-0.3, -0.25) is 4.79 Å². The molecule has 2 unspecified atom stereocenters. The molecule has 1 aromatic rings. The highest BCUT2D eigenvalue weighted by atomic mass is 16.3. The zero-order valence-electron chi connectivity index (χ0n) is 11.9. The van der Waals surface area contributed by atoms with Crippen LogP contribution in [0.4, 0.5) is 11.4 Å². The Morgan fingerprint density at radius 3 is 2.75 bits per heavy atom. The summed E-state index contributed by atoms with van der Waals surface area (Å²) in [6.45, 7) is 1.07. The van der Waals surface area contributed by atoms with Crippen molar-refractivity contribution in [3.05, 3.63) is 23.8 Å². The van der Waals surface area contributed by atoms with Gasteiger partial charge >= 0.3 is 0 Å². The van der Waals surface area contributed by atoms with Crippen LogP contribution in [0.15, 0.2) is 18.2 Å². The van der Waals surface area contributed by atoms with Crippen LogP contribution in [0, 0.1) is 0 Å². The summed E-state index contributed by atoms with van der Waals surface area (Å²) in [6, 6.07) is 4.90. The Morgan fingerprint density at radius 1 is 1.45 bits per heavy atom. The molecular weight excluding hydrogens is 256 g/mol. The molecule has 0 spiro atoms.